The Morgan fingerprint density at radius 2 is 1.62 bits per heavy atom. The second-order valence-electron chi connectivity index (χ2n) is 16.0. The van der Waals surface area contributed by atoms with Gasteiger partial charge in [0.15, 0.2) is 5.82 Å². The van der Waals surface area contributed by atoms with E-state index in [9.17, 15) is 34.8 Å². The minimum atomic E-state index is -1.82. The number of hydrogen-bond acceptors (Lipinski definition) is 14. The Labute approximate surface area is 349 Å². The number of nitrogens with zero attached hydrogens (tertiary/aromatic N) is 7. The molecule has 61 heavy (non-hydrogen) atoms. The second kappa shape index (κ2) is 15.0. The van der Waals surface area contributed by atoms with Crippen LogP contribution < -0.4 is 10.5 Å². The van der Waals surface area contributed by atoms with Crippen molar-refractivity contribution in [2.24, 2.45) is 0 Å². The number of phenolic OH excluding ortho intramolecular Hbond substituents is 3. The van der Waals surface area contributed by atoms with Gasteiger partial charge in [0.05, 0.1) is 46.8 Å². The normalized spacial score (nSPS) is 17.3. The van der Waals surface area contributed by atoms with Crippen molar-refractivity contribution in [3.05, 3.63) is 98.8 Å². The number of anilines is 1. The smallest absolute Gasteiger partial charge is 0.355 e. The van der Waals surface area contributed by atoms with Crippen LogP contribution in [0, 0.1) is 0 Å². The molecule has 1 atom stereocenters. The molecule has 314 valence electrons. The molecule has 6 heterocycles. The number of carbonyl (C=O) groups excluding carboxylic acids is 2. The number of aryl methyl sites for hydroxylation is 1. The van der Waals surface area contributed by atoms with E-state index in [1.165, 1.54) is 10.6 Å². The Hall–Kier alpha value is -6.94. The van der Waals surface area contributed by atoms with Crippen molar-refractivity contribution in [1.82, 2.24) is 29.2 Å². The van der Waals surface area contributed by atoms with Crippen LogP contribution in [0.2, 0.25) is 0 Å². The predicted molar refractivity (Wildman–Crippen MR) is 224 cm³/mol. The minimum absolute atomic E-state index is 0.0312. The zero-order valence-electron chi connectivity index (χ0n) is 34.2. The van der Waals surface area contributed by atoms with Gasteiger partial charge in [-0.25, -0.2) is 14.3 Å². The molecule has 0 aliphatic carbocycles. The summed E-state index contributed by atoms with van der Waals surface area (Å²) in [5.41, 5.74) is 4.49. The molecule has 3 aromatic carbocycles. The fourth-order valence-electron chi connectivity index (χ4n) is 9.02. The molecule has 0 spiro atoms. The van der Waals surface area contributed by atoms with Crippen LogP contribution in [0.5, 0.6) is 23.3 Å². The number of aromatic nitrogens is 5. The van der Waals surface area contributed by atoms with Gasteiger partial charge in [-0.05, 0) is 84.5 Å². The number of carbonyl (C=O) groups is 2. The highest BCUT2D eigenvalue weighted by atomic mass is 16.6. The van der Waals surface area contributed by atoms with E-state index >= 15 is 0 Å². The van der Waals surface area contributed by atoms with Crippen LogP contribution in [-0.4, -0.2) is 94.3 Å². The van der Waals surface area contributed by atoms with Crippen LogP contribution >= 0.6 is 0 Å². The third-order valence-electron chi connectivity index (χ3n) is 12.3. The first kappa shape index (κ1) is 39.5. The maximum absolute atomic E-state index is 14.1. The minimum Gasteiger partial charge on any atom is -0.508 e. The molecule has 1 saturated heterocycles. The van der Waals surface area contributed by atoms with Gasteiger partial charge in [0.1, 0.15) is 23.9 Å². The monoisotopic (exact) mass is 827 g/mol. The van der Waals surface area contributed by atoms with E-state index in [1.807, 2.05) is 49.9 Å². The van der Waals surface area contributed by atoms with E-state index in [-0.39, 0.29) is 72.2 Å². The highest BCUT2D eigenvalue weighted by molar-refractivity contribution is 5.91. The number of benzene rings is 3. The summed E-state index contributed by atoms with van der Waals surface area (Å²) >= 11 is 0. The van der Waals surface area contributed by atoms with Crippen molar-refractivity contribution in [2.75, 3.05) is 37.6 Å². The summed E-state index contributed by atoms with van der Waals surface area (Å²) in [7, 11) is 0. The molecular formula is C45H45N7O9. The fraction of sp³-hybridized carbons (Fsp3) is 0.333. The summed E-state index contributed by atoms with van der Waals surface area (Å²) in [6.07, 6.45) is 0.704. The summed E-state index contributed by atoms with van der Waals surface area (Å²) in [4.78, 5) is 50.6. The molecule has 16 heteroatoms. The van der Waals surface area contributed by atoms with Gasteiger partial charge in [0.25, 0.3) is 5.56 Å². The molecule has 0 radical (unpaired) electrons. The molecule has 9 rings (SSSR count). The molecule has 0 amide bonds. The Balaban J connectivity index is 0.908. The third-order valence-corrected chi connectivity index (χ3v) is 12.3. The first-order chi connectivity index (χ1) is 29.3. The van der Waals surface area contributed by atoms with Gasteiger partial charge in [-0.1, -0.05) is 32.8 Å². The zero-order valence-corrected chi connectivity index (χ0v) is 34.2. The molecule has 16 nitrogen and oxygen atoms in total. The Kier molecular flexibility index (Phi) is 9.69. The average Bonchev–Trinajstić information content (AvgIpc) is 3.81. The highest BCUT2D eigenvalue weighted by Crippen LogP contribution is 2.43. The molecular weight excluding hydrogens is 783 g/mol. The van der Waals surface area contributed by atoms with Crippen molar-refractivity contribution >= 4 is 28.5 Å². The summed E-state index contributed by atoms with van der Waals surface area (Å²) in [6.45, 7) is 9.76. The highest BCUT2D eigenvalue weighted by Gasteiger charge is 2.50. The number of aromatic hydroxyl groups is 4. The molecule has 1 fully saturated rings. The topological polar surface area (TPSA) is 206 Å². The summed E-state index contributed by atoms with van der Waals surface area (Å²) in [5.74, 6) is -1.28. The van der Waals surface area contributed by atoms with Crippen LogP contribution in [0.3, 0.4) is 0 Å². The number of esters is 2. The van der Waals surface area contributed by atoms with Gasteiger partial charge in [-0.2, -0.15) is 0 Å². The first-order valence-corrected chi connectivity index (χ1v) is 20.4. The molecule has 0 bridgehead atoms. The molecule has 3 aliphatic heterocycles. The van der Waals surface area contributed by atoms with E-state index in [2.05, 4.69) is 15.1 Å². The van der Waals surface area contributed by atoms with E-state index in [0.29, 0.717) is 71.9 Å². The van der Waals surface area contributed by atoms with E-state index in [4.69, 9.17) is 14.5 Å². The second-order valence-corrected chi connectivity index (χ2v) is 16.0. The number of hydrogen-bond donors (Lipinski definition) is 4. The van der Waals surface area contributed by atoms with Crippen molar-refractivity contribution in [3.8, 4) is 51.7 Å². The van der Waals surface area contributed by atoms with Crippen LogP contribution in [0.1, 0.15) is 67.9 Å². The number of fused-ring (bicyclic) bond motifs is 5. The van der Waals surface area contributed by atoms with Gasteiger partial charge in [-0.15, -0.1) is 5.10 Å². The Morgan fingerprint density at radius 3 is 2.33 bits per heavy atom. The number of rotatable bonds is 9. The molecule has 4 N–H and O–H groups in total. The molecule has 3 aliphatic rings. The lowest BCUT2D eigenvalue weighted by atomic mass is 9.85. The molecule has 6 aromatic rings. The Morgan fingerprint density at radius 1 is 0.885 bits per heavy atom. The van der Waals surface area contributed by atoms with Crippen molar-refractivity contribution in [1.29, 1.82) is 0 Å². The fourth-order valence-corrected chi connectivity index (χ4v) is 9.02. The van der Waals surface area contributed by atoms with Crippen molar-refractivity contribution in [2.45, 2.75) is 65.2 Å². The largest absolute Gasteiger partial charge is 0.508 e. The van der Waals surface area contributed by atoms with Gasteiger partial charge >= 0.3 is 17.9 Å². The van der Waals surface area contributed by atoms with Crippen LogP contribution in [0.25, 0.3) is 39.4 Å². The summed E-state index contributed by atoms with van der Waals surface area (Å²) < 4.78 is 14.7. The lowest BCUT2D eigenvalue weighted by molar-refractivity contribution is -0.190. The SMILES string of the molecule is CCc1c2c(nc3ccc(O)cc13)-c1cc3c(c(=O)n1C2)COC(=O)C3(CC)OC(=O)CN1CCN(c2ccc(-n3c(O)nnc3-c3cc(C(C)C)c(O)cc3O)cc2)CC1. The van der Waals surface area contributed by atoms with Crippen LogP contribution in [-0.2, 0) is 44.2 Å². The number of phenols is 3. The first-order valence-electron chi connectivity index (χ1n) is 20.4. The molecule has 0 saturated carbocycles. The zero-order chi connectivity index (χ0) is 42.9. The van der Waals surface area contributed by atoms with E-state index < -0.39 is 17.5 Å². The van der Waals surface area contributed by atoms with Gasteiger partial charge < -0.3 is 39.4 Å². The average molecular weight is 828 g/mol. The van der Waals surface area contributed by atoms with Crippen molar-refractivity contribution in [3.63, 3.8) is 0 Å². The maximum Gasteiger partial charge on any atom is 0.355 e. The summed E-state index contributed by atoms with van der Waals surface area (Å²) in [6, 6.07) is 16.7. The number of cyclic esters (lactones) is 1. The standard InChI is InChI=1S/C45H45N7O9/c1-5-28-30-17-27(53)11-12-35(30)46-40-32(28)21-51-36(40)19-34-33(42(51)57)23-60-43(58)45(34,6-2)61-39(56)22-49-13-15-50(16-14-49)25-7-9-26(10-8-25)52-41(47-48-44(52)59)31-18-29(24(3)4)37(54)20-38(31)55/h7-12,17-20,24,53-55H,5-6,13-16,21-23H2,1-4H3,(H,48,59). The Bertz CT molecular complexity index is 2830. The van der Waals surface area contributed by atoms with Gasteiger partial charge in [-0.3, -0.25) is 14.5 Å². The maximum atomic E-state index is 14.1. The van der Waals surface area contributed by atoms with Crippen molar-refractivity contribution < 1.29 is 39.5 Å². The van der Waals surface area contributed by atoms with Crippen LogP contribution in [0.15, 0.2) is 65.5 Å². The van der Waals surface area contributed by atoms with Gasteiger partial charge in [0, 0.05) is 54.4 Å². The summed E-state index contributed by atoms with van der Waals surface area (Å²) in [5, 5.41) is 50.7. The lowest BCUT2D eigenvalue weighted by Crippen LogP contribution is -2.51. The number of pyridine rings is 2. The van der Waals surface area contributed by atoms with E-state index in [1.54, 1.807) is 41.8 Å². The molecule has 1 unspecified atom stereocenters. The van der Waals surface area contributed by atoms with E-state index in [0.717, 1.165) is 22.2 Å². The van der Waals surface area contributed by atoms with Gasteiger partial charge in [0.2, 0.25) is 5.60 Å². The quantitative estimate of drug-likeness (QED) is 0.138. The predicted octanol–water partition coefficient (Wildman–Crippen LogP) is 5.21. The number of ether oxygens (including phenoxy) is 2. The van der Waals surface area contributed by atoms with Crippen LogP contribution in [0.4, 0.5) is 5.69 Å². The molecule has 3 aromatic heterocycles. The lowest BCUT2D eigenvalue weighted by Gasteiger charge is -2.38. The third kappa shape index (κ3) is 6.48. The number of piperazine rings is 1.